The Morgan fingerprint density at radius 3 is 1.83 bits per heavy atom. The van der Waals surface area contributed by atoms with Gasteiger partial charge in [-0.25, -0.2) is 19.2 Å². The first-order valence-electron chi connectivity index (χ1n) is 14.1. The zero-order valence-corrected chi connectivity index (χ0v) is 25.5. The number of rotatable bonds is 11. The van der Waals surface area contributed by atoms with Gasteiger partial charge in [0.25, 0.3) is 5.56 Å². The lowest BCUT2D eigenvalue weighted by molar-refractivity contribution is -0.137. The summed E-state index contributed by atoms with van der Waals surface area (Å²) in [4.78, 5) is 78.9. The molecule has 1 aliphatic rings. The van der Waals surface area contributed by atoms with Crippen LogP contribution in [0.5, 0.6) is 0 Å². The Morgan fingerprint density at radius 1 is 0.787 bits per heavy atom. The highest BCUT2D eigenvalue weighted by Crippen LogP contribution is 2.34. The molecule has 1 aromatic heterocycles. The number of carbonyl (C=O) groups is 4. The first-order chi connectivity index (χ1) is 22.7. The van der Waals surface area contributed by atoms with E-state index >= 15 is 0 Å². The molecule has 1 fully saturated rings. The number of hydrogen-bond donors (Lipinski definition) is 1. The van der Waals surface area contributed by atoms with Gasteiger partial charge in [0.1, 0.15) is 12.7 Å². The maximum atomic E-state index is 13.3. The summed E-state index contributed by atoms with van der Waals surface area (Å²) in [5.74, 6) is -3.36. The van der Waals surface area contributed by atoms with Gasteiger partial charge in [-0.2, -0.15) is 9.78 Å². The molecule has 47 heavy (non-hydrogen) atoms. The summed E-state index contributed by atoms with van der Waals surface area (Å²) < 4.78 is 28.5. The molecule has 3 aromatic carbocycles. The lowest BCUT2D eigenvalue weighted by Crippen LogP contribution is -2.44. The van der Waals surface area contributed by atoms with Crippen LogP contribution >= 0.6 is 11.8 Å². The van der Waals surface area contributed by atoms with Crippen LogP contribution in [0.3, 0.4) is 0 Å². The van der Waals surface area contributed by atoms with Gasteiger partial charge in [-0.05, 0) is 36.4 Å². The van der Waals surface area contributed by atoms with Gasteiger partial charge in [0.2, 0.25) is 0 Å². The van der Waals surface area contributed by atoms with Crippen molar-refractivity contribution in [2.45, 2.75) is 29.6 Å². The molecule has 1 aliphatic heterocycles. The van der Waals surface area contributed by atoms with E-state index in [0.29, 0.717) is 16.4 Å². The Labute approximate surface area is 270 Å². The normalized spacial score (nSPS) is 18.6. The van der Waals surface area contributed by atoms with E-state index in [-0.39, 0.29) is 27.5 Å². The number of hydrogen-bond acceptors (Lipinski definition) is 13. The number of H-pyrrole nitrogens is 1. The molecular formula is C32H27N3O11S. The lowest BCUT2D eigenvalue weighted by atomic mass is 10.1. The van der Waals surface area contributed by atoms with E-state index in [1.54, 1.807) is 54.6 Å². The van der Waals surface area contributed by atoms with Crippen LogP contribution in [0.1, 0.15) is 37.3 Å². The Balaban J connectivity index is 1.53. The smallest absolute Gasteiger partial charge is 0.347 e. The highest BCUT2D eigenvalue weighted by molar-refractivity contribution is 7.99. The second-order valence-electron chi connectivity index (χ2n) is 9.88. The number of methoxy groups -OCH3 is 1. The summed E-state index contributed by atoms with van der Waals surface area (Å²) in [6.45, 7) is -0.502. The summed E-state index contributed by atoms with van der Waals surface area (Å²) in [6.07, 6.45) is -5.89. The number of benzene rings is 3. The Hall–Kier alpha value is -5.54. The SMILES string of the molecule is COC(=O)CSc1nn([C@@H]2O[C@H](COC(=O)c3ccccc3)[C@@H](OC(=O)c3ccccc3)[C@H]2OC(=O)c2ccccc2)c(=O)[nH]c1=O. The highest BCUT2D eigenvalue weighted by atomic mass is 32.2. The monoisotopic (exact) mass is 661 g/mol. The molecule has 15 heteroatoms. The van der Waals surface area contributed by atoms with Crippen LogP contribution in [-0.2, 0) is 28.5 Å². The molecule has 2 heterocycles. The van der Waals surface area contributed by atoms with Gasteiger partial charge < -0.3 is 23.7 Å². The van der Waals surface area contributed by atoms with Crippen LogP contribution in [0.25, 0.3) is 0 Å². The zero-order chi connectivity index (χ0) is 33.3. The number of ether oxygens (including phenoxy) is 5. The van der Waals surface area contributed by atoms with Crippen molar-refractivity contribution in [2.24, 2.45) is 0 Å². The second-order valence-corrected chi connectivity index (χ2v) is 10.8. The molecule has 0 aliphatic carbocycles. The molecule has 4 atom stereocenters. The predicted molar refractivity (Wildman–Crippen MR) is 164 cm³/mol. The largest absolute Gasteiger partial charge is 0.468 e. The van der Waals surface area contributed by atoms with Crippen molar-refractivity contribution in [1.82, 2.24) is 14.8 Å². The summed E-state index contributed by atoms with van der Waals surface area (Å²) in [7, 11) is 1.17. The molecule has 0 bridgehead atoms. The first-order valence-corrected chi connectivity index (χ1v) is 15.1. The molecular weight excluding hydrogens is 634 g/mol. The fourth-order valence-corrected chi connectivity index (χ4v) is 5.20. The van der Waals surface area contributed by atoms with Crippen molar-refractivity contribution in [1.29, 1.82) is 0 Å². The lowest BCUT2D eigenvalue weighted by Gasteiger charge is -2.24. The van der Waals surface area contributed by atoms with E-state index in [1.165, 1.54) is 43.5 Å². The van der Waals surface area contributed by atoms with E-state index in [2.05, 4.69) is 14.8 Å². The fourth-order valence-electron chi connectivity index (χ4n) is 4.50. The Bertz CT molecular complexity index is 1850. The average Bonchev–Trinajstić information content (AvgIpc) is 3.43. The number of aromatic amines is 1. The molecule has 4 aromatic rings. The maximum absolute atomic E-state index is 13.3. The molecule has 0 amide bonds. The third-order valence-electron chi connectivity index (χ3n) is 6.80. The Kier molecular flexibility index (Phi) is 10.6. The van der Waals surface area contributed by atoms with Crippen molar-refractivity contribution in [3.63, 3.8) is 0 Å². The fraction of sp³-hybridized carbons (Fsp3) is 0.219. The van der Waals surface area contributed by atoms with E-state index < -0.39 is 66.3 Å². The van der Waals surface area contributed by atoms with E-state index in [4.69, 9.17) is 18.9 Å². The van der Waals surface area contributed by atoms with Crippen LogP contribution in [0, 0.1) is 0 Å². The second kappa shape index (κ2) is 15.2. The minimum Gasteiger partial charge on any atom is -0.468 e. The van der Waals surface area contributed by atoms with Crippen LogP contribution in [0.15, 0.2) is 106 Å². The topological polar surface area (TPSA) is 182 Å². The number of nitrogens with one attached hydrogen (secondary N) is 1. The van der Waals surface area contributed by atoms with Gasteiger partial charge in [-0.15, -0.1) is 0 Å². The van der Waals surface area contributed by atoms with E-state index in [1.807, 2.05) is 0 Å². The first kappa shape index (κ1) is 32.8. The number of nitrogens with zero attached hydrogens (tertiary/aromatic N) is 2. The molecule has 0 saturated carbocycles. The minimum absolute atomic E-state index is 0.134. The number of carbonyl (C=O) groups excluding carboxylic acids is 4. The van der Waals surface area contributed by atoms with Crippen LogP contribution in [-0.4, -0.2) is 76.4 Å². The standard InChI is InChI=1S/C32H27N3O11S/c1-42-23(36)18-47-27-26(37)33-32(41)35(34-27)28-25(46-31(40)21-15-9-4-10-16-21)24(45-30(39)20-13-7-3-8-14-20)22(44-28)17-43-29(38)19-11-5-2-6-12-19/h2-16,22,24-25,28H,17-18H2,1H3,(H,33,37,41)/t22-,24-,25-,28-/m1/s1. The van der Waals surface area contributed by atoms with Gasteiger partial charge in [-0.1, -0.05) is 66.4 Å². The van der Waals surface area contributed by atoms with Crippen LogP contribution < -0.4 is 11.2 Å². The molecule has 1 N–H and O–H groups in total. The summed E-state index contributed by atoms with van der Waals surface area (Å²) >= 11 is 0.688. The number of esters is 4. The van der Waals surface area contributed by atoms with Crippen molar-refractivity contribution in [3.8, 4) is 0 Å². The summed E-state index contributed by atoms with van der Waals surface area (Å²) in [5.41, 5.74) is -1.42. The van der Waals surface area contributed by atoms with Gasteiger partial charge in [0.15, 0.2) is 23.5 Å². The molecule has 0 unspecified atom stereocenters. The van der Waals surface area contributed by atoms with Crippen LogP contribution in [0.4, 0.5) is 0 Å². The molecule has 0 spiro atoms. The van der Waals surface area contributed by atoms with Crippen molar-refractivity contribution >= 4 is 35.6 Å². The van der Waals surface area contributed by atoms with Crippen molar-refractivity contribution in [2.75, 3.05) is 19.5 Å². The summed E-state index contributed by atoms with van der Waals surface area (Å²) in [6, 6.07) is 23.9. The van der Waals surface area contributed by atoms with Crippen LogP contribution in [0.2, 0.25) is 0 Å². The third kappa shape index (κ3) is 8.01. The quantitative estimate of drug-likeness (QED) is 0.141. The Morgan fingerprint density at radius 2 is 1.30 bits per heavy atom. The average molecular weight is 662 g/mol. The third-order valence-corrected chi connectivity index (χ3v) is 7.72. The molecule has 1 saturated heterocycles. The number of thioether (sulfide) groups is 1. The van der Waals surface area contributed by atoms with Crippen molar-refractivity contribution < 1.29 is 42.9 Å². The summed E-state index contributed by atoms with van der Waals surface area (Å²) in [5, 5.41) is 3.79. The number of aromatic nitrogens is 3. The van der Waals surface area contributed by atoms with Gasteiger partial charge in [-0.3, -0.25) is 14.6 Å². The van der Waals surface area contributed by atoms with Crippen molar-refractivity contribution in [3.05, 3.63) is 129 Å². The van der Waals surface area contributed by atoms with Gasteiger partial charge >= 0.3 is 29.6 Å². The molecule has 0 radical (unpaired) electrons. The van der Waals surface area contributed by atoms with Gasteiger partial charge in [0.05, 0.1) is 29.6 Å². The predicted octanol–water partition coefficient (Wildman–Crippen LogP) is 2.40. The van der Waals surface area contributed by atoms with Gasteiger partial charge in [0, 0.05) is 0 Å². The maximum Gasteiger partial charge on any atom is 0.347 e. The van der Waals surface area contributed by atoms with E-state index in [0.717, 1.165) is 0 Å². The molecule has 5 rings (SSSR count). The molecule has 14 nitrogen and oxygen atoms in total. The molecule has 242 valence electrons. The zero-order valence-electron chi connectivity index (χ0n) is 24.7. The minimum atomic E-state index is -1.60. The highest BCUT2D eigenvalue weighted by Gasteiger charge is 2.52. The van der Waals surface area contributed by atoms with E-state index in [9.17, 15) is 28.8 Å².